The van der Waals surface area contributed by atoms with Gasteiger partial charge in [-0.3, -0.25) is 0 Å². The molecule has 0 aliphatic rings. The molecule has 0 N–H and O–H groups in total. The van der Waals surface area contributed by atoms with Crippen LogP contribution in [0.3, 0.4) is 0 Å². The van der Waals surface area contributed by atoms with Crippen LogP contribution in [-0.4, -0.2) is 30.1 Å². The number of esters is 2. The Balaban J connectivity index is 4.14. The molecule has 158 valence electrons. The Morgan fingerprint density at radius 3 is 1.75 bits per heavy atom. The molecule has 0 atom stereocenters. The predicted molar refractivity (Wildman–Crippen MR) is 89.4 cm³/mol. The number of alkyl halides is 5. The summed E-state index contributed by atoms with van der Waals surface area (Å²) >= 11 is 0. The van der Waals surface area contributed by atoms with Gasteiger partial charge >= 0.3 is 18.1 Å². The Morgan fingerprint density at radius 1 is 0.929 bits per heavy atom. The Morgan fingerprint density at radius 2 is 1.39 bits per heavy atom. The summed E-state index contributed by atoms with van der Waals surface area (Å²) in [7, 11) is 0. The van der Waals surface area contributed by atoms with Crippen LogP contribution in [0.4, 0.5) is 22.0 Å². The van der Waals surface area contributed by atoms with Crippen molar-refractivity contribution < 1.29 is 41.0 Å². The number of pyridine rings is 1. The molecule has 10 heteroatoms. The van der Waals surface area contributed by atoms with Gasteiger partial charge in [0.2, 0.25) is 0 Å². The predicted octanol–water partition coefficient (Wildman–Crippen LogP) is 5.30. The summed E-state index contributed by atoms with van der Waals surface area (Å²) in [4.78, 5) is 27.8. The summed E-state index contributed by atoms with van der Waals surface area (Å²) in [6.45, 7) is 5.57. The molecule has 0 fully saturated rings. The Labute approximate surface area is 159 Å². The minimum atomic E-state index is -5.21. The number of rotatable bonds is 8. The fourth-order valence-electron chi connectivity index (χ4n) is 2.92. The van der Waals surface area contributed by atoms with Gasteiger partial charge in [-0.15, -0.1) is 0 Å². The van der Waals surface area contributed by atoms with E-state index in [9.17, 15) is 31.5 Å². The van der Waals surface area contributed by atoms with Crippen LogP contribution in [-0.2, 0) is 15.7 Å². The molecule has 0 radical (unpaired) electrons. The highest BCUT2D eigenvalue weighted by Gasteiger charge is 2.44. The van der Waals surface area contributed by atoms with Crippen LogP contribution in [0.5, 0.6) is 0 Å². The molecule has 0 unspecified atom stereocenters. The summed E-state index contributed by atoms with van der Waals surface area (Å²) < 4.78 is 77.4. The number of carbonyl (C=O) groups is 2. The summed E-state index contributed by atoms with van der Waals surface area (Å²) in [5.74, 6) is -3.43. The molecule has 0 amide bonds. The Hall–Kier alpha value is -2.26. The maximum atomic E-state index is 13.6. The first-order valence-corrected chi connectivity index (χ1v) is 8.82. The van der Waals surface area contributed by atoms with Gasteiger partial charge in [-0.25, -0.2) is 23.4 Å². The van der Waals surface area contributed by atoms with Gasteiger partial charge in [-0.1, -0.05) is 13.8 Å². The lowest BCUT2D eigenvalue weighted by Crippen LogP contribution is -2.26. The van der Waals surface area contributed by atoms with E-state index < -0.39 is 58.5 Å². The van der Waals surface area contributed by atoms with Crippen LogP contribution in [0, 0.1) is 0 Å². The van der Waals surface area contributed by atoms with Crippen molar-refractivity contribution >= 4 is 11.9 Å². The molecule has 0 spiro atoms. The van der Waals surface area contributed by atoms with Crippen molar-refractivity contribution in [2.24, 2.45) is 0 Å². The molecule has 1 heterocycles. The van der Waals surface area contributed by atoms with Crippen molar-refractivity contribution in [3.8, 4) is 0 Å². The SMILES string of the molecule is CCOC(=O)c1c(C(F)F)nc(C(F)(F)F)c(C(=O)OCC)c1C(CC)CC. The highest BCUT2D eigenvalue weighted by molar-refractivity contribution is 6.00. The standard InChI is InChI=1S/C18H22F5NO4/c1-5-9(6-2)10-11(16(25)27-7-3)13(15(19)20)24-14(18(21,22)23)12(10)17(26)28-8-4/h9,15H,5-8H2,1-4H3. The fourth-order valence-corrected chi connectivity index (χ4v) is 2.92. The largest absolute Gasteiger partial charge is 0.462 e. The average molecular weight is 411 g/mol. The third-order valence-corrected chi connectivity index (χ3v) is 4.09. The second-order valence-corrected chi connectivity index (χ2v) is 5.76. The van der Waals surface area contributed by atoms with Crippen molar-refractivity contribution in [2.75, 3.05) is 13.2 Å². The number of hydrogen-bond donors (Lipinski definition) is 0. The van der Waals surface area contributed by atoms with Gasteiger partial charge in [0.15, 0.2) is 5.69 Å². The first kappa shape index (κ1) is 23.8. The van der Waals surface area contributed by atoms with Crippen molar-refractivity contribution in [3.63, 3.8) is 0 Å². The lowest BCUT2D eigenvalue weighted by molar-refractivity contribution is -0.142. The van der Waals surface area contributed by atoms with E-state index in [4.69, 9.17) is 9.47 Å². The third-order valence-electron chi connectivity index (χ3n) is 4.09. The molecule has 0 saturated heterocycles. The molecule has 0 aromatic carbocycles. The van der Waals surface area contributed by atoms with Gasteiger partial charge in [0.25, 0.3) is 6.43 Å². The molecular formula is C18H22F5NO4. The summed E-state index contributed by atoms with van der Waals surface area (Å²) in [5.41, 5.74) is -5.44. The lowest BCUT2D eigenvalue weighted by atomic mass is 9.84. The highest BCUT2D eigenvalue weighted by atomic mass is 19.4. The smallest absolute Gasteiger partial charge is 0.434 e. The van der Waals surface area contributed by atoms with E-state index in [2.05, 4.69) is 4.98 Å². The first-order chi connectivity index (χ1) is 13.0. The summed E-state index contributed by atoms with van der Waals surface area (Å²) in [6.07, 6.45) is -8.30. The van der Waals surface area contributed by atoms with Crippen LogP contribution in [0.1, 0.15) is 90.5 Å². The van der Waals surface area contributed by atoms with Crippen LogP contribution in [0.2, 0.25) is 0 Å². The van der Waals surface area contributed by atoms with E-state index in [1.54, 1.807) is 13.8 Å². The normalized spacial score (nSPS) is 11.8. The third kappa shape index (κ3) is 4.96. The summed E-state index contributed by atoms with van der Waals surface area (Å²) in [6, 6.07) is 0. The van der Waals surface area contributed by atoms with E-state index in [-0.39, 0.29) is 26.1 Å². The molecule has 0 bridgehead atoms. The second-order valence-electron chi connectivity index (χ2n) is 5.76. The monoisotopic (exact) mass is 411 g/mol. The number of carbonyl (C=O) groups excluding carboxylic acids is 2. The van der Waals surface area contributed by atoms with Gasteiger partial charge in [-0.05, 0) is 38.2 Å². The number of aromatic nitrogens is 1. The topological polar surface area (TPSA) is 65.5 Å². The molecule has 1 aromatic rings. The van der Waals surface area contributed by atoms with E-state index in [0.29, 0.717) is 0 Å². The molecule has 1 aromatic heterocycles. The Bertz CT molecular complexity index is 715. The molecular weight excluding hydrogens is 389 g/mol. The molecule has 28 heavy (non-hydrogen) atoms. The zero-order valence-corrected chi connectivity index (χ0v) is 16.0. The van der Waals surface area contributed by atoms with Crippen molar-refractivity contribution in [3.05, 3.63) is 28.1 Å². The lowest BCUT2D eigenvalue weighted by Gasteiger charge is -2.24. The van der Waals surface area contributed by atoms with E-state index in [1.165, 1.54) is 13.8 Å². The first-order valence-electron chi connectivity index (χ1n) is 8.82. The molecule has 0 aliphatic heterocycles. The number of nitrogens with zero attached hydrogens (tertiary/aromatic N) is 1. The van der Waals surface area contributed by atoms with Gasteiger partial charge in [0, 0.05) is 0 Å². The van der Waals surface area contributed by atoms with E-state index >= 15 is 0 Å². The van der Waals surface area contributed by atoms with E-state index in [1.807, 2.05) is 0 Å². The van der Waals surface area contributed by atoms with Crippen molar-refractivity contribution in [1.29, 1.82) is 0 Å². The maximum absolute atomic E-state index is 13.6. The number of halogens is 5. The van der Waals surface area contributed by atoms with Gasteiger partial charge in [-0.2, -0.15) is 13.2 Å². The fraction of sp³-hybridized carbons (Fsp3) is 0.611. The second kappa shape index (κ2) is 9.79. The zero-order chi connectivity index (χ0) is 21.6. The van der Waals surface area contributed by atoms with Crippen LogP contribution in [0.15, 0.2) is 0 Å². The highest BCUT2D eigenvalue weighted by Crippen LogP contribution is 2.41. The van der Waals surface area contributed by atoms with Crippen LogP contribution in [0.25, 0.3) is 0 Å². The molecule has 5 nitrogen and oxygen atoms in total. The molecule has 1 rings (SSSR count). The van der Waals surface area contributed by atoms with Gasteiger partial charge in [0.1, 0.15) is 5.69 Å². The molecule has 0 aliphatic carbocycles. The Kier molecular flexibility index (Phi) is 8.31. The van der Waals surface area contributed by atoms with Crippen molar-refractivity contribution in [1.82, 2.24) is 4.98 Å². The number of hydrogen-bond acceptors (Lipinski definition) is 5. The maximum Gasteiger partial charge on any atom is 0.434 e. The van der Waals surface area contributed by atoms with Crippen LogP contribution >= 0.6 is 0 Å². The van der Waals surface area contributed by atoms with Gasteiger partial charge < -0.3 is 9.47 Å². The van der Waals surface area contributed by atoms with Crippen molar-refractivity contribution in [2.45, 2.75) is 59.1 Å². The minimum absolute atomic E-state index is 0.194. The van der Waals surface area contributed by atoms with E-state index in [0.717, 1.165) is 0 Å². The van der Waals surface area contributed by atoms with Gasteiger partial charge in [0.05, 0.1) is 24.3 Å². The minimum Gasteiger partial charge on any atom is -0.462 e. The van der Waals surface area contributed by atoms with Crippen LogP contribution < -0.4 is 0 Å². The zero-order valence-electron chi connectivity index (χ0n) is 16.0. The average Bonchev–Trinajstić information content (AvgIpc) is 2.61. The quantitative estimate of drug-likeness (QED) is 0.429. The number of ether oxygens (including phenoxy) is 2. The summed E-state index contributed by atoms with van der Waals surface area (Å²) in [5, 5.41) is 0. The molecule has 0 saturated carbocycles.